The highest BCUT2D eigenvalue weighted by molar-refractivity contribution is 7.90. The van der Waals surface area contributed by atoms with E-state index in [9.17, 15) is 18.5 Å². The predicted octanol–water partition coefficient (Wildman–Crippen LogP) is 3.46. The lowest BCUT2D eigenvalue weighted by atomic mass is 10.1. The highest BCUT2D eigenvalue weighted by Gasteiger charge is 2.22. The van der Waals surface area contributed by atoms with E-state index in [4.69, 9.17) is 0 Å². The van der Waals surface area contributed by atoms with Gasteiger partial charge in [-0.3, -0.25) is 10.1 Å². The minimum atomic E-state index is -3.64. The van der Waals surface area contributed by atoms with Gasteiger partial charge in [-0.05, 0) is 38.5 Å². The molecule has 0 saturated heterocycles. The molecule has 2 rings (SSSR count). The van der Waals surface area contributed by atoms with Crippen LogP contribution in [0.15, 0.2) is 53.4 Å². The lowest BCUT2D eigenvalue weighted by Crippen LogP contribution is -2.35. The molecule has 134 valence electrons. The molecule has 25 heavy (non-hydrogen) atoms. The van der Waals surface area contributed by atoms with Gasteiger partial charge in [0.1, 0.15) is 0 Å². The fraction of sp³-hybridized carbons (Fsp3) is 0.333. The van der Waals surface area contributed by atoms with Crippen LogP contribution >= 0.6 is 0 Å². The van der Waals surface area contributed by atoms with Gasteiger partial charge in [0.15, 0.2) is 9.84 Å². The lowest BCUT2D eigenvalue weighted by molar-refractivity contribution is -0.385. The molecule has 0 aliphatic heterocycles. The summed E-state index contributed by atoms with van der Waals surface area (Å²) < 4.78 is 25.0. The third kappa shape index (κ3) is 5.37. The van der Waals surface area contributed by atoms with Crippen LogP contribution in [0.3, 0.4) is 0 Å². The summed E-state index contributed by atoms with van der Waals surface area (Å²) in [6.45, 7) is 6.47. The van der Waals surface area contributed by atoms with Crippen molar-refractivity contribution in [1.82, 2.24) is 5.32 Å². The van der Waals surface area contributed by atoms with Crippen LogP contribution in [-0.4, -0.2) is 18.9 Å². The maximum atomic E-state index is 12.5. The van der Waals surface area contributed by atoms with Crippen LogP contribution in [0.25, 0.3) is 0 Å². The number of nitro groups is 1. The summed E-state index contributed by atoms with van der Waals surface area (Å²) >= 11 is 0. The average Bonchev–Trinajstić information content (AvgIpc) is 2.53. The highest BCUT2D eigenvalue weighted by atomic mass is 32.2. The van der Waals surface area contributed by atoms with E-state index in [0.717, 1.165) is 5.56 Å². The molecule has 0 saturated carbocycles. The molecular weight excluding hydrogens is 340 g/mol. The zero-order valence-corrected chi connectivity index (χ0v) is 15.3. The van der Waals surface area contributed by atoms with E-state index in [-0.39, 0.29) is 21.7 Å². The normalized spacial score (nSPS) is 12.1. The van der Waals surface area contributed by atoms with Crippen molar-refractivity contribution < 1.29 is 13.3 Å². The third-order valence-corrected chi connectivity index (χ3v) is 5.30. The molecule has 0 aliphatic rings. The molecule has 0 spiro atoms. The molecule has 0 radical (unpaired) electrons. The van der Waals surface area contributed by atoms with Gasteiger partial charge in [0.2, 0.25) is 0 Å². The number of hydrogen-bond acceptors (Lipinski definition) is 5. The summed E-state index contributed by atoms with van der Waals surface area (Å²) in [5.41, 5.74) is 0.632. The molecule has 0 unspecified atom stereocenters. The van der Waals surface area contributed by atoms with Crippen molar-refractivity contribution in [1.29, 1.82) is 0 Å². The molecule has 0 bridgehead atoms. The van der Waals surface area contributed by atoms with Crippen LogP contribution in [0.5, 0.6) is 0 Å². The van der Waals surface area contributed by atoms with Crippen molar-refractivity contribution in [3.8, 4) is 0 Å². The Morgan fingerprint density at radius 2 is 1.72 bits per heavy atom. The maximum Gasteiger partial charge on any atom is 0.273 e. The molecular formula is C18H22N2O4S. The predicted molar refractivity (Wildman–Crippen MR) is 97.0 cm³/mol. The van der Waals surface area contributed by atoms with Crippen molar-refractivity contribution in [2.45, 2.75) is 43.5 Å². The van der Waals surface area contributed by atoms with Crippen molar-refractivity contribution in [3.63, 3.8) is 0 Å². The molecule has 2 aromatic carbocycles. The lowest BCUT2D eigenvalue weighted by Gasteiger charge is -2.20. The summed E-state index contributed by atoms with van der Waals surface area (Å²) in [5, 5.41) is 14.6. The molecule has 1 N–H and O–H groups in total. The molecule has 0 heterocycles. The van der Waals surface area contributed by atoms with Gasteiger partial charge in [-0.25, -0.2) is 8.42 Å². The van der Waals surface area contributed by atoms with Gasteiger partial charge >= 0.3 is 0 Å². The molecule has 0 amide bonds. The minimum absolute atomic E-state index is 0.121. The number of nitrogens with zero attached hydrogens (tertiary/aromatic N) is 1. The van der Waals surface area contributed by atoms with E-state index in [1.807, 2.05) is 20.8 Å². The van der Waals surface area contributed by atoms with E-state index in [0.29, 0.717) is 6.54 Å². The second-order valence-corrected chi connectivity index (χ2v) is 8.89. The minimum Gasteiger partial charge on any atom is -0.308 e. The van der Waals surface area contributed by atoms with Gasteiger partial charge in [-0.1, -0.05) is 30.3 Å². The third-order valence-electron chi connectivity index (χ3n) is 3.62. The largest absolute Gasteiger partial charge is 0.308 e. The number of rotatable bonds is 6. The van der Waals surface area contributed by atoms with E-state index in [2.05, 4.69) is 5.32 Å². The highest BCUT2D eigenvalue weighted by Crippen LogP contribution is 2.25. The molecule has 2 aromatic rings. The Bertz CT molecular complexity index is 856. The molecule has 0 atom stereocenters. The van der Waals surface area contributed by atoms with Crippen molar-refractivity contribution >= 4 is 15.5 Å². The van der Waals surface area contributed by atoms with E-state index < -0.39 is 20.5 Å². The van der Waals surface area contributed by atoms with Crippen molar-refractivity contribution in [2.75, 3.05) is 0 Å². The standard InChI is InChI=1S/C18H22N2O4S/c1-18(2,3)19-12-14-9-10-15(17(11-14)20(21)22)13-25(23,24)16-7-5-4-6-8-16/h4-11,19H,12-13H2,1-3H3. The van der Waals surface area contributed by atoms with E-state index in [1.165, 1.54) is 24.3 Å². The Balaban J connectivity index is 2.30. The zero-order valence-electron chi connectivity index (χ0n) is 14.5. The summed E-state index contributed by atoms with van der Waals surface area (Å²) in [5.74, 6) is -0.402. The summed E-state index contributed by atoms with van der Waals surface area (Å²) in [7, 11) is -3.64. The van der Waals surface area contributed by atoms with Crippen LogP contribution in [0.1, 0.15) is 31.9 Å². The Hall–Kier alpha value is -2.25. The Labute approximate surface area is 148 Å². The van der Waals surface area contributed by atoms with Gasteiger partial charge in [0.05, 0.1) is 15.6 Å². The quantitative estimate of drug-likeness (QED) is 0.628. The van der Waals surface area contributed by atoms with Crippen LogP contribution in [0, 0.1) is 10.1 Å². The van der Waals surface area contributed by atoms with Crippen LogP contribution in [0.2, 0.25) is 0 Å². The summed E-state index contributed by atoms with van der Waals surface area (Å²) in [4.78, 5) is 11.0. The van der Waals surface area contributed by atoms with Gasteiger partial charge < -0.3 is 5.32 Å². The first-order valence-electron chi connectivity index (χ1n) is 7.87. The molecule has 0 aliphatic carbocycles. The van der Waals surface area contributed by atoms with Crippen molar-refractivity contribution in [3.05, 3.63) is 69.8 Å². The topological polar surface area (TPSA) is 89.3 Å². The van der Waals surface area contributed by atoms with Crippen LogP contribution in [0.4, 0.5) is 5.69 Å². The average molecular weight is 362 g/mol. The van der Waals surface area contributed by atoms with Crippen molar-refractivity contribution in [2.24, 2.45) is 0 Å². The molecule has 0 aromatic heterocycles. The molecule has 0 fully saturated rings. The number of sulfone groups is 1. The van der Waals surface area contributed by atoms with Crippen LogP contribution < -0.4 is 5.32 Å². The summed E-state index contributed by atoms with van der Waals surface area (Å²) in [6, 6.07) is 12.6. The van der Waals surface area contributed by atoms with Gasteiger partial charge in [-0.2, -0.15) is 0 Å². The Morgan fingerprint density at radius 3 is 2.28 bits per heavy atom. The Morgan fingerprint density at radius 1 is 1.08 bits per heavy atom. The number of benzene rings is 2. The van der Waals surface area contributed by atoms with Crippen LogP contribution in [-0.2, 0) is 22.1 Å². The Kier molecular flexibility index (Phi) is 5.59. The number of hydrogen-bond donors (Lipinski definition) is 1. The smallest absolute Gasteiger partial charge is 0.273 e. The van der Waals surface area contributed by atoms with Gasteiger partial charge in [0, 0.05) is 23.7 Å². The fourth-order valence-electron chi connectivity index (χ4n) is 2.29. The van der Waals surface area contributed by atoms with E-state index in [1.54, 1.807) is 24.3 Å². The van der Waals surface area contributed by atoms with E-state index >= 15 is 0 Å². The van der Waals surface area contributed by atoms with Gasteiger partial charge in [-0.15, -0.1) is 0 Å². The number of nitrogens with one attached hydrogen (secondary N) is 1. The maximum absolute atomic E-state index is 12.5. The first-order valence-corrected chi connectivity index (χ1v) is 9.53. The van der Waals surface area contributed by atoms with Gasteiger partial charge in [0.25, 0.3) is 5.69 Å². The number of nitro benzene ring substituents is 1. The monoisotopic (exact) mass is 362 g/mol. The SMILES string of the molecule is CC(C)(C)NCc1ccc(CS(=O)(=O)c2ccccc2)c([N+](=O)[O-])c1. The first-order chi connectivity index (χ1) is 11.6. The zero-order chi connectivity index (χ0) is 18.7. The second-order valence-electron chi connectivity index (χ2n) is 6.90. The first kappa shape index (κ1) is 19.1. The second kappa shape index (κ2) is 7.33. The molecule has 6 nitrogen and oxygen atoms in total. The fourth-order valence-corrected chi connectivity index (χ4v) is 3.69. The molecule has 7 heteroatoms. The summed E-state index contributed by atoms with van der Waals surface area (Å²) in [6.07, 6.45) is 0.